The first-order chi connectivity index (χ1) is 10.3. The Balaban J connectivity index is 1.63. The van der Waals surface area contributed by atoms with Crippen LogP contribution >= 0.6 is 0 Å². The van der Waals surface area contributed by atoms with Crippen molar-refractivity contribution < 1.29 is 9.13 Å². The van der Waals surface area contributed by atoms with Gasteiger partial charge in [0.15, 0.2) is 0 Å². The maximum Gasteiger partial charge on any atom is 0.131 e. The van der Waals surface area contributed by atoms with Crippen LogP contribution in [0.25, 0.3) is 11.1 Å². The molecule has 1 aliphatic rings. The maximum absolute atomic E-state index is 13.7. The van der Waals surface area contributed by atoms with Gasteiger partial charge in [-0.2, -0.15) is 0 Å². The molecule has 3 rings (SSSR count). The second-order valence-electron chi connectivity index (χ2n) is 5.38. The molecule has 2 aromatic carbocycles. The van der Waals surface area contributed by atoms with Gasteiger partial charge in [-0.25, -0.2) is 4.39 Å². The Morgan fingerprint density at radius 1 is 0.952 bits per heavy atom. The van der Waals surface area contributed by atoms with E-state index in [1.165, 1.54) is 11.6 Å². The van der Waals surface area contributed by atoms with Gasteiger partial charge in [0.2, 0.25) is 0 Å². The summed E-state index contributed by atoms with van der Waals surface area (Å²) in [7, 11) is 0. The normalized spacial score (nSPS) is 16.0. The summed E-state index contributed by atoms with van der Waals surface area (Å²) in [6.45, 7) is 4.78. The zero-order valence-electron chi connectivity index (χ0n) is 12.1. The van der Waals surface area contributed by atoms with Crippen LogP contribution in [0.5, 0.6) is 0 Å². The summed E-state index contributed by atoms with van der Waals surface area (Å²) in [6.07, 6.45) is 1.03. The second kappa shape index (κ2) is 6.83. The quantitative estimate of drug-likeness (QED) is 0.854. The zero-order valence-corrected chi connectivity index (χ0v) is 12.1. The molecule has 2 aromatic rings. The van der Waals surface area contributed by atoms with E-state index in [9.17, 15) is 4.39 Å². The Morgan fingerprint density at radius 3 is 2.38 bits per heavy atom. The van der Waals surface area contributed by atoms with Crippen LogP contribution in [-0.4, -0.2) is 37.7 Å². The molecule has 0 spiro atoms. The van der Waals surface area contributed by atoms with E-state index in [1.54, 1.807) is 6.07 Å². The molecule has 0 bridgehead atoms. The van der Waals surface area contributed by atoms with Gasteiger partial charge in [0.05, 0.1) is 13.2 Å². The lowest BCUT2D eigenvalue weighted by atomic mass is 10.0. The van der Waals surface area contributed by atoms with E-state index in [-0.39, 0.29) is 5.82 Å². The van der Waals surface area contributed by atoms with Crippen LogP contribution in [0.15, 0.2) is 48.5 Å². The third kappa shape index (κ3) is 3.69. The van der Waals surface area contributed by atoms with Gasteiger partial charge in [-0.1, -0.05) is 42.5 Å². The minimum atomic E-state index is -0.168. The molecular weight excluding hydrogens is 265 g/mol. The minimum Gasteiger partial charge on any atom is -0.379 e. The van der Waals surface area contributed by atoms with Crippen molar-refractivity contribution in [1.29, 1.82) is 0 Å². The number of hydrogen-bond donors (Lipinski definition) is 0. The van der Waals surface area contributed by atoms with Gasteiger partial charge < -0.3 is 4.74 Å². The summed E-state index contributed by atoms with van der Waals surface area (Å²) >= 11 is 0. The van der Waals surface area contributed by atoms with E-state index < -0.39 is 0 Å². The van der Waals surface area contributed by atoms with Crippen LogP contribution in [-0.2, 0) is 11.2 Å². The van der Waals surface area contributed by atoms with Crippen LogP contribution in [0.4, 0.5) is 4.39 Å². The molecule has 110 valence electrons. The van der Waals surface area contributed by atoms with Gasteiger partial charge >= 0.3 is 0 Å². The fourth-order valence-electron chi connectivity index (χ4n) is 2.66. The fraction of sp³-hybridized carbons (Fsp3) is 0.333. The van der Waals surface area contributed by atoms with Crippen LogP contribution in [0, 0.1) is 5.82 Å². The highest BCUT2D eigenvalue weighted by molar-refractivity contribution is 5.64. The molecule has 2 nitrogen and oxygen atoms in total. The zero-order chi connectivity index (χ0) is 14.5. The van der Waals surface area contributed by atoms with Crippen LogP contribution in [0.2, 0.25) is 0 Å². The van der Waals surface area contributed by atoms with Crippen LogP contribution in [0.1, 0.15) is 5.56 Å². The number of benzene rings is 2. The highest BCUT2D eigenvalue weighted by Crippen LogP contribution is 2.22. The first-order valence-electron chi connectivity index (χ1n) is 7.47. The van der Waals surface area contributed by atoms with E-state index in [1.807, 2.05) is 24.3 Å². The van der Waals surface area contributed by atoms with Crippen molar-refractivity contribution in [1.82, 2.24) is 4.90 Å². The number of rotatable bonds is 4. The maximum atomic E-state index is 13.7. The SMILES string of the molecule is Fc1ccccc1-c1ccc(CCN2CCOCC2)cc1. The predicted molar refractivity (Wildman–Crippen MR) is 82.8 cm³/mol. The molecule has 0 aliphatic carbocycles. The average molecular weight is 285 g/mol. The van der Waals surface area contributed by atoms with E-state index >= 15 is 0 Å². The Kier molecular flexibility index (Phi) is 4.63. The third-order valence-corrected chi connectivity index (χ3v) is 3.96. The van der Waals surface area contributed by atoms with Gasteiger partial charge in [0, 0.05) is 25.2 Å². The molecule has 1 heterocycles. The molecule has 1 aliphatic heterocycles. The Hall–Kier alpha value is -1.71. The number of ether oxygens (including phenoxy) is 1. The lowest BCUT2D eigenvalue weighted by Crippen LogP contribution is -2.37. The molecule has 3 heteroatoms. The van der Waals surface area contributed by atoms with Gasteiger partial charge in [-0.3, -0.25) is 4.90 Å². The summed E-state index contributed by atoms with van der Waals surface area (Å²) < 4.78 is 19.1. The van der Waals surface area contributed by atoms with Gasteiger partial charge in [-0.15, -0.1) is 0 Å². The minimum absolute atomic E-state index is 0.168. The predicted octanol–water partition coefficient (Wildman–Crippen LogP) is 3.37. The van der Waals surface area contributed by atoms with E-state index in [2.05, 4.69) is 17.0 Å². The average Bonchev–Trinajstić information content (AvgIpc) is 2.55. The van der Waals surface area contributed by atoms with Gasteiger partial charge in [-0.05, 0) is 23.6 Å². The monoisotopic (exact) mass is 285 g/mol. The molecular formula is C18H20FNO. The molecule has 0 unspecified atom stereocenters. The van der Waals surface area contributed by atoms with Crippen molar-refractivity contribution in [2.45, 2.75) is 6.42 Å². The lowest BCUT2D eigenvalue weighted by Gasteiger charge is -2.26. The molecule has 0 aromatic heterocycles. The van der Waals surface area contributed by atoms with Gasteiger partial charge in [0.25, 0.3) is 0 Å². The Morgan fingerprint density at radius 2 is 1.67 bits per heavy atom. The summed E-state index contributed by atoms with van der Waals surface area (Å²) in [4.78, 5) is 2.42. The molecule has 1 saturated heterocycles. The van der Waals surface area contributed by atoms with Crippen molar-refractivity contribution in [2.75, 3.05) is 32.8 Å². The fourth-order valence-corrected chi connectivity index (χ4v) is 2.66. The van der Waals surface area contributed by atoms with Crippen molar-refractivity contribution in [2.24, 2.45) is 0 Å². The van der Waals surface area contributed by atoms with Crippen molar-refractivity contribution >= 4 is 0 Å². The topological polar surface area (TPSA) is 12.5 Å². The summed E-state index contributed by atoms with van der Waals surface area (Å²) in [5.41, 5.74) is 2.89. The van der Waals surface area contributed by atoms with E-state index in [4.69, 9.17) is 4.74 Å². The first-order valence-corrected chi connectivity index (χ1v) is 7.47. The summed E-state index contributed by atoms with van der Waals surface area (Å²) in [5, 5.41) is 0. The number of hydrogen-bond acceptors (Lipinski definition) is 2. The Labute approximate surface area is 125 Å². The number of nitrogens with zero attached hydrogens (tertiary/aromatic N) is 1. The molecule has 0 atom stereocenters. The molecule has 0 saturated carbocycles. The highest BCUT2D eigenvalue weighted by atomic mass is 19.1. The van der Waals surface area contributed by atoms with Crippen molar-refractivity contribution in [3.05, 3.63) is 59.9 Å². The van der Waals surface area contributed by atoms with Crippen molar-refractivity contribution in [3.63, 3.8) is 0 Å². The van der Waals surface area contributed by atoms with Crippen LogP contribution in [0.3, 0.4) is 0 Å². The molecule has 21 heavy (non-hydrogen) atoms. The number of halogens is 1. The van der Waals surface area contributed by atoms with E-state index in [0.29, 0.717) is 5.56 Å². The Bertz CT molecular complexity index is 576. The largest absolute Gasteiger partial charge is 0.379 e. The molecule has 0 N–H and O–H groups in total. The molecule has 0 amide bonds. The number of morpholine rings is 1. The van der Waals surface area contributed by atoms with Crippen LogP contribution < -0.4 is 0 Å². The van der Waals surface area contributed by atoms with Gasteiger partial charge in [0.1, 0.15) is 5.82 Å². The standard InChI is InChI=1S/C18H20FNO/c19-18-4-2-1-3-17(18)16-7-5-15(6-8-16)9-10-20-11-13-21-14-12-20/h1-8H,9-14H2. The van der Waals surface area contributed by atoms with E-state index in [0.717, 1.165) is 44.8 Å². The highest BCUT2D eigenvalue weighted by Gasteiger charge is 2.10. The molecule has 0 radical (unpaired) electrons. The van der Waals surface area contributed by atoms with Crippen molar-refractivity contribution in [3.8, 4) is 11.1 Å². The summed E-state index contributed by atoms with van der Waals surface area (Å²) in [5.74, 6) is -0.168. The lowest BCUT2D eigenvalue weighted by molar-refractivity contribution is 0.0384. The molecule has 1 fully saturated rings. The smallest absolute Gasteiger partial charge is 0.131 e. The first kappa shape index (κ1) is 14.2. The third-order valence-electron chi connectivity index (χ3n) is 3.96. The summed E-state index contributed by atoms with van der Waals surface area (Å²) in [6, 6.07) is 15.1. The second-order valence-corrected chi connectivity index (χ2v) is 5.38.